The molecule has 3 unspecified atom stereocenters. The first kappa shape index (κ1) is 97.1. The zero-order valence-corrected chi connectivity index (χ0v) is 66.9. The summed E-state index contributed by atoms with van der Waals surface area (Å²) in [4.78, 5) is 72.9. The van der Waals surface area contributed by atoms with E-state index in [9.17, 15) is 43.2 Å². The van der Waals surface area contributed by atoms with Crippen LogP contribution in [0.1, 0.15) is 409 Å². The van der Waals surface area contributed by atoms with Gasteiger partial charge in [-0.1, -0.05) is 357 Å². The number of phosphoric ester groups is 2. The Morgan fingerprint density at radius 2 is 0.485 bits per heavy atom. The highest BCUT2D eigenvalue weighted by Gasteiger charge is 2.30. The maximum atomic E-state index is 13.1. The number of hydrogen-bond acceptors (Lipinski definition) is 15. The number of phosphoric acid groups is 2. The lowest BCUT2D eigenvalue weighted by Crippen LogP contribution is -2.30. The van der Waals surface area contributed by atoms with Crippen LogP contribution in [0.2, 0.25) is 0 Å². The van der Waals surface area contributed by atoms with E-state index in [-0.39, 0.29) is 25.7 Å². The van der Waals surface area contributed by atoms with Gasteiger partial charge in [-0.3, -0.25) is 37.3 Å². The lowest BCUT2D eigenvalue weighted by atomic mass is 9.99. The van der Waals surface area contributed by atoms with Gasteiger partial charge in [0.1, 0.15) is 19.3 Å². The Labute approximate surface area is 607 Å². The summed E-state index contributed by atoms with van der Waals surface area (Å²) in [5.74, 6) is 0.957. The van der Waals surface area contributed by atoms with Gasteiger partial charge in [-0.25, -0.2) is 9.13 Å². The molecule has 0 aromatic heterocycles. The van der Waals surface area contributed by atoms with Crippen LogP contribution in [0.5, 0.6) is 0 Å². The van der Waals surface area contributed by atoms with Crippen molar-refractivity contribution in [2.24, 2.45) is 23.7 Å². The second-order valence-corrected chi connectivity index (χ2v) is 33.4. The number of carbonyl (C=O) groups excluding carboxylic acids is 4. The van der Waals surface area contributed by atoms with Gasteiger partial charge in [0.25, 0.3) is 0 Å². The Bertz CT molecular complexity index is 1940. The summed E-state index contributed by atoms with van der Waals surface area (Å²) >= 11 is 0. The minimum atomic E-state index is -4.96. The van der Waals surface area contributed by atoms with E-state index in [1.807, 2.05) is 0 Å². The van der Waals surface area contributed by atoms with Crippen molar-refractivity contribution >= 4 is 39.5 Å². The fourth-order valence-corrected chi connectivity index (χ4v) is 13.8. The first-order chi connectivity index (χ1) is 47.6. The summed E-state index contributed by atoms with van der Waals surface area (Å²) in [6.45, 7) is 14.2. The number of aliphatic hydroxyl groups is 1. The molecule has 0 aliphatic rings. The van der Waals surface area contributed by atoms with Crippen molar-refractivity contribution in [1.29, 1.82) is 0 Å². The van der Waals surface area contributed by atoms with Crippen LogP contribution >= 0.6 is 15.6 Å². The Morgan fingerprint density at radius 3 is 0.717 bits per heavy atom. The molecule has 0 saturated carbocycles. The molecule has 0 spiro atoms. The van der Waals surface area contributed by atoms with Crippen molar-refractivity contribution in [2.45, 2.75) is 427 Å². The predicted octanol–water partition coefficient (Wildman–Crippen LogP) is 23.6. The smallest absolute Gasteiger partial charge is 0.462 e. The molecule has 99 heavy (non-hydrogen) atoms. The molecule has 0 rings (SSSR count). The molecule has 17 nitrogen and oxygen atoms in total. The maximum absolute atomic E-state index is 13.1. The first-order valence-electron chi connectivity index (χ1n) is 41.2. The average molecular weight is 1450 g/mol. The molecule has 0 radical (unpaired) electrons. The summed E-state index contributed by atoms with van der Waals surface area (Å²) in [6, 6.07) is 0. The number of hydrogen-bond donors (Lipinski definition) is 3. The second-order valence-electron chi connectivity index (χ2n) is 30.5. The summed E-state index contributed by atoms with van der Waals surface area (Å²) in [5, 5.41) is 10.6. The van der Waals surface area contributed by atoms with Gasteiger partial charge in [0, 0.05) is 25.7 Å². The molecule has 3 N–H and O–H groups in total. The first-order valence-corrected chi connectivity index (χ1v) is 44.2. The average Bonchev–Trinajstić information content (AvgIpc) is 1.08. The van der Waals surface area contributed by atoms with Gasteiger partial charge in [-0.2, -0.15) is 0 Å². The summed E-state index contributed by atoms with van der Waals surface area (Å²) in [5.41, 5.74) is 0. The number of aliphatic hydroxyl groups excluding tert-OH is 1. The van der Waals surface area contributed by atoms with Crippen molar-refractivity contribution in [1.82, 2.24) is 0 Å². The van der Waals surface area contributed by atoms with Gasteiger partial charge in [0.2, 0.25) is 0 Å². The van der Waals surface area contributed by atoms with Crippen LogP contribution in [0.25, 0.3) is 0 Å². The second kappa shape index (κ2) is 69.1. The van der Waals surface area contributed by atoms with E-state index in [2.05, 4.69) is 55.4 Å². The lowest BCUT2D eigenvalue weighted by molar-refractivity contribution is -0.161. The third kappa shape index (κ3) is 72.8. The molecule has 0 aliphatic carbocycles. The van der Waals surface area contributed by atoms with Gasteiger partial charge < -0.3 is 33.8 Å². The van der Waals surface area contributed by atoms with Crippen molar-refractivity contribution in [3.63, 3.8) is 0 Å². The summed E-state index contributed by atoms with van der Waals surface area (Å²) in [6.07, 6.45) is 55.8. The number of rotatable bonds is 77. The summed E-state index contributed by atoms with van der Waals surface area (Å²) < 4.78 is 68.6. The van der Waals surface area contributed by atoms with Gasteiger partial charge in [0.05, 0.1) is 26.4 Å². The highest BCUT2D eigenvalue weighted by Crippen LogP contribution is 2.45. The number of esters is 4. The molecule has 6 atom stereocenters. The third-order valence-electron chi connectivity index (χ3n) is 18.9. The van der Waals surface area contributed by atoms with Crippen LogP contribution in [0.4, 0.5) is 0 Å². The van der Waals surface area contributed by atoms with E-state index < -0.39 is 97.5 Å². The van der Waals surface area contributed by atoms with Crippen molar-refractivity contribution in [3.8, 4) is 0 Å². The Hall–Kier alpha value is -1.94. The van der Waals surface area contributed by atoms with Crippen LogP contribution in [-0.4, -0.2) is 96.7 Å². The number of ether oxygens (including phenoxy) is 4. The van der Waals surface area contributed by atoms with Crippen LogP contribution < -0.4 is 0 Å². The number of carbonyl (C=O) groups is 4. The Morgan fingerprint density at radius 1 is 0.283 bits per heavy atom. The van der Waals surface area contributed by atoms with Crippen LogP contribution in [-0.2, 0) is 65.4 Å². The molecule has 0 saturated heterocycles. The van der Waals surface area contributed by atoms with E-state index in [1.54, 1.807) is 0 Å². The third-order valence-corrected chi connectivity index (χ3v) is 20.8. The molecule has 0 bridgehead atoms. The molecule has 0 amide bonds. The SMILES string of the molecule is CCC(C)CCCCCCCCCCCCCCCCCCCCC(=O)OC[C@H](COP(=O)(O)OC[C@@H](O)COP(=O)(O)OC[C@@H](COC(=O)CCCCCCCCC(C)C)OC(=O)CCCCCCCCCCCCCCCC(C)C)OC(=O)CCCCCCCCCCCC(C)C. The molecule has 0 fully saturated rings. The van der Waals surface area contributed by atoms with Gasteiger partial charge in [-0.05, 0) is 49.4 Å². The molecule has 588 valence electrons. The Kier molecular flexibility index (Phi) is 67.8. The maximum Gasteiger partial charge on any atom is 0.472 e. The van der Waals surface area contributed by atoms with Crippen LogP contribution in [0, 0.1) is 23.7 Å². The van der Waals surface area contributed by atoms with Crippen molar-refractivity contribution < 1.29 is 80.2 Å². The summed E-state index contributed by atoms with van der Waals surface area (Å²) in [7, 11) is -9.92. The van der Waals surface area contributed by atoms with Crippen molar-refractivity contribution in [2.75, 3.05) is 39.6 Å². The largest absolute Gasteiger partial charge is 0.472 e. The van der Waals surface area contributed by atoms with E-state index in [0.29, 0.717) is 31.6 Å². The van der Waals surface area contributed by atoms with Gasteiger partial charge in [0.15, 0.2) is 12.2 Å². The highest BCUT2D eigenvalue weighted by atomic mass is 31.2. The quantitative estimate of drug-likeness (QED) is 0.0222. The van der Waals surface area contributed by atoms with Crippen LogP contribution in [0.15, 0.2) is 0 Å². The molecular weight excluding hydrogens is 1290 g/mol. The zero-order chi connectivity index (χ0) is 73.1. The van der Waals surface area contributed by atoms with Crippen molar-refractivity contribution in [3.05, 3.63) is 0 Å². The molecule has 0 heterocycles. The molecule has 0 aliphatic heterocycles. The minimum absolute atomic E-state index is 0.105. The zero-order valence-electron chi connectivity index (χ0n) is 65.1. The molecule has 19 heteroatoms. The van der Waals surface area contributed by atoms with E-state index in [1.165, 1.54) is 205 Å². The van der Waals surface area contributed by atoms with E-state index in [0.717, 1.165) is 114 Å². The van der Waals surface area contributed by atoms with Gasteiger partial charge >= 0.3 is 39.5 Å². The Balaban J connectivity index is 5.15. The fraction of sp³-hybridized carbons (Fsp3) is 0.950. The van der Waals surface area contributed by atoms with E-state index >= 15 is 0 Å². The highest BCUT2D eigenvalue weighted by molar-refractivity contribution is 7.47. The molecule has 0 aromatic rings. The monoisotopic (exact) mass is 1450 g/mol. The van der Waals surface area contributed by atoms with Crippen LogP contribution in [0.3, 0.4) is 0 Å². The predicted molar refractivity (Wildman–Crippen MR) is 404 cm³/mol. The van der Waals surface area contributed by atoms with E-state index in [4.69, 9.17) is 37.0 Å². The standard InChI is InChI=1S/C80H156O17P2/c1-9-73(8)59-51-43-34-28-22-18-14-12-10-11-13-15-19-23-29-35-44-52-60-77(82)90-66-75(96-80(85)63-55-47-37-31-25-27-33-41-49-57-71(4)5)68-94-98(86,87)92-64-74(81)65-93-99(88,89)95-69-76(67-91-78(83)61-53-45-39-38-42-50-58-72(6)7)97-79(84)62-54-46-36-30-24-20-16-17-21-26-32-40-48-56-70(2)3/h70-76,81H,9-69H2,1-8H3,(H,86,87)(H,88,89)/t73?,74-,75-,76-/m1/s1. The lowest BCUT2D eigenvalue weighted by Gasteiger charge is -2.21. The molecular formula is C80H156O17P2. The minimum Gasteiger partial charge on any atom is -0.462 e. The topological polar surface area (TPSA) is 237 Å². The normalized spacial score (nSPS) is 14.3. The molecule has 0 aromatic carbocycles. The number of unbranched alkanes of at least 4 members (excludes halogenated alkanes) is 42. The van der Waals surface area contributed by atoms with Gasteiger partial charge in [-0.15, -0.1) is 0 Å². The fourth-order valence-electron chi connectivity index (χ4n) is 12.2.